The number of esters is 1. The molecule has 3 aromatic rings. The Morgan fingerprint density at radius 2 is 2.03 bits per heavy atom. The zero-order valence-corrected chi connectivity index (χ0v) is 18.2. The van der Waals surface area contributed by atoms with E-state index in [0.717, 1.165) is 12.1 Å². The Labute approximate surface area is 182 Å². The molecule has 0 saturated carbocycles. The number of phenols is 1. The van der Waals surface area contributed by atoms with E-state index in [1.54, 1.807) is 42.9 Å². The van der Waals surface area contributed by atoms with Crippen molar-refractivity contribution in [2.45, 2.75) is 33.4 Å². The third-order valence-corrected chi connectivity index (χ3v) is 5.98. The Kier molecular flexibility index (Phi) is 5.60. The van der Waals surface area contributed by atoms with Crippen molar-refractivity contribution in [1.82, 2.24) is 14.3 Å². The summed E-state index contributed by atoms with van der Waals surface area (Å²) >= 11 is 1.26. The quantitative estimate of drug-likeness (QED) is 0.612. The van der Waals surface area contributed by atoms with Crippen LogP contribution in [0.25, 0.3) is 6.08 Å². The smallest absolute Gasteiger partial charge is 0.338 e. The zero-order valence-electron chi connectivity index (χ0n) is 17.4. The summed E-state index contributed by atoms with van der Waals surface area (Å²) < 4.78 is 9.06. The lowest BCUT2D eigenvalue weighted by Gasteiger charge is -2.24. The Bertz CT molecular complexity index is 1350. The third kappa shape index (κ3) is 3.84. The summed E-state index contributed by atoms with van der Waals surface area (Å²) in [7, 11) is 0. The van der Waals surface area contributed by atoms with E-state index < -0.39 is 12.0 Å². The highest BCUT2D eigenvalue weighted by Crippen LogP contribution is 2.31. The minimum atomic E-state index is -0.698. The molecule has 0 bridgehead atoms. The van der Waals surface area contributed by atoms with Crippen LogP contribution in [0, 0.1) is 0 Å². The average Bonchev–Trinajstić information content (AvgIpc) is 3.32. The zero-order chi connectivity index (χ0) is 22.1. The van der Waals surface area contributed by atoms with Crippen LogP contribution in [0.1, 0.15) is 37.9 Å². The molecule has 1 aliphatic heterocycles. The molecule has 0 spiro atoms. The number of carbonyl (C=O) groups excluding carboxylic acids is 1. The van der Waals surface area contributed by atoms with Crippen LogP contribution in [0.5, 0.6) is 5.75 Å². The molecule has 1 N–H and O–H groups in total. The number of rotatable bonds is 5. The monoisotopic (exact) mass is 438 g/mol. The minimum absolute atomic E-state index is 0.0995. The first-order valence-corrected chi connectivity index (χ1v) is 10.8. The van der Waals surface area contributed by atoms with Gasteiger partial charge < -0.3 is 9.84 Å². The van der Waals surface area contributed by atoms with Crippen LogP contribution in [-0.4, -0.2) is 32.0 Å². The summed E-state index contributed by atoms with van der Waals surface area (Å²) in [5.41, 5.74) is 2.06. The van der Waals surface area contributed by atoms with Gasteiger partial charge in [-0.15, -0.1) is 0 Å². The molecule has 31 heavy (non-hydrogen) atoms. The lowest BCUT2D eigenvalue weighted by molar-refractivity contribution is -0.139. The second kappa shape index (κ2) is 8.35. The molecule has 0 radical (unpaired) electrons. The molecule has 0 amide bonds. The highest BCUT2D eigenvalue weighted by Gasteiger charge is 2.33. The maximum absolute atomic E-state index is 13.4. The first kappa shape index (κ1) is 20.8. The van der Waals surface area contributed by atoms with Gasteiger partial charge in [-0.1, -0.05) is 23.5 Å². The van der Waals surface area contributed by atoms with Crippen LogP contribution in [0.4, 0.5) is 0 Å². The van der Waals surface area contributed by atoms with Crippen molar-refractivity contribution in [2.24, 2.45) is 4.99 Å². The first-order valence-electron chi connectivity index (χ1n) is 9.94. The van der Waals surface area contributed by atoms with E-state index in [1.807, 2.05) is 13.1 Å². The van der Waals surface area contributed by atoms with Crippen molar-refractivity contribution in [3.8, 4) is 5.75 Å². The van der Waals surface area contributed by atoms with Gasteiger partial charge in [-0.2, -0.15) is 5.10 Å². The van der Waals surface area contributed by atoms with Crippen molar-refractivity contribution < 1.29 is 14.6 Å². The maximum atomic E-state index is 13.4. The van der Waals surface area contributed by atoms with Gasteiger partial charge in [-0.3, -0.25) is 14.0 Å². The van der Waals surface area contributed by atoms with Gasteiger partial charge in [0.15, 0.2) is 4.80 Å². The van der Waals surface area contributed by atoms with Gasteiger partial charge >= 0.3 is 5.97 Å². The second-order valence-electron chi connectivity index (χ2n) is 7.02. The van der Waals surface area contributed by atoms with Gasteiger partial charge in [-0.05, 0) is 44.5 Å². The van der Waals surface area contributed by atoms with Crippen LogP contribution in [0.2, 0.25) is 0 Å². The van der Waals surface area contributed by atoms with Crippen LogP contribution >= 0.6 is 11.3 Å². The highest BCUT2D eigenvalue weighted by molar-refractivity contribution is 7.07. The van der Waals surface area contributed by atoms with Gasteiger partial charge in [0.05, 0.1) is 34.6 Å². The molecular formula is C22H22N4O4S. The molecule has 0 aliphatic carbocycles. The number of aromatic hydroxyl groups is 1. The average molecular weight is 439 g/mol. The number of phenolic OH excluding ortho intramolecular Hbond substituents is 1. The van der Waals surface area contributed by atoms with Crippen LogP contribution in [0.3, 0.4) is 0 Å². The number of ether oxygens (including phenoxy) is 1. The molecule has 1 atom stereocenters. The molecule has 1 unspecified atom stereocenters. The van der Waals surface area contributed by atoms with Crippen molar-refractivity contribution in [1.29, 1.82) is 0 Å². The summed E-state index contributed by atoms with van der Waals surface area (Å²) in [6.07, 6.45) is 5.35. The predicted molar refractivity (Wildman–Crippen MR) is 116 cm³/mol. The fourth-order valence-corrected chi connectivity index (χ4v) is 4.59. The van der Waals surface area contributed by atoms with Crippen molar-refractivity contribution in [2.75, 3.05) is 6.61 Å². The Morgan fingerprint density at radius 1 is 1.29 bits per heavy atom. The third-order valence-electron chi connectivity index (χ3n) is 5.00. The lowest BCUT2D eigenvalue weighted by Crippen LogP contribution is -2.39. The number of nitrogens with zero attached hydrogens (tertiary/aromatic N) is 4. The number of allylic oxidation sites excluding steroid dienone is 1. The number of thiazole rings is 1. The fraction of sp³-hybridized carbons (Fsp3) is 0.273. The largest absolute Gasteiger partial charge is 0.508 e. The van der Waals surface area contributed by atoms with Gasteiger partial charge in [0.2, 0.25) is 0 Å². The van der Waals surface area contributed by atoms with E-state index in [0.29, 0.717) is 26.2 Å². The summed E-state index contributed by atoms with van der Waals surface area (Å²) in [5, 5.41) is 14.0. The fourth-order valence-electron chi connectivity index (χ4n) is 3.54. The molecule has 0 saturated heterocycles. The van der Waals surface area contributed by atoms with E-state index in [-0.39, 0.29) is 17.9 Å². The molecule has 8 nitrogen and oxygen atoms in total. The topological polar surface area (TPSA) is 98.7 Å². The first-order chi connectivity index (χ1) is 14.9. The SMILES string of the molecule is CCOC(=O)C1=C(C)N=c2s/c(=C/c3cnn(CC)c3)c(=O)n2C1c1ccc(O)cc1. The molecule has 3 heterocycles. The van der Waals surface area contributed by atoms with E-state index in [1.165, 1.54) is 28.0 Å². The summed E-state index contributed by atoms with van der Waals surface area (Å²) in [6.45, 7) is 6.40. The van der Waals surface area contributed by atoms with Crippen molar-refractivity contribution in [3.63, 3.8) is 0 Å². The number of hydrogen-bond donors (Lipinski definition) is 1. The number of fused-ring (bicyclic) bond motifs is 1. The number of hydrogen-bond acceptors (Lipinski definition) is 7. The van der Waals surface area contributed by atoms with Gasteiger partial charge in [-0.25, -0.2) is 9.79 Å². The van der Waals surface area contributed by atoms with Crippen molar-refractivity contribution in [3.05, 3.63) is 78.7 Å². The molecule has 1 aromatic carbocycles. The van der Waals surface area contributed by atoms with Gasteiger partial charge in [0, 0.05) is 18.3 Å². The van der Waals surface area contributed by atoms with E-state index in [9.17, 15) is 14.7 Å². The summed E-state index contributed by atoms with van der Waals surface area (Å²) in [6, 6.07) is 5.75. The number of aryl methyl sites for hydroxylation is 1. The van der Waals surface area contributed by atoms with E-state index in [2.05, 4.69) is 10.1 Å². The van der Waals surface area contributed by atoms with Crippen LogP contribution in [-0.2, 0) is 16.1 Å². The van der Waals surface area contributed by atoms with E-state index in [4.69, 9.17) is 4.74 Å². The molecule has 1 aliphatic rings. The van der Waals surface area contributed by atoms with E-state index >= 15 is 0 Å². The van der Waals surface area contributed by atoms with Crippen LogP contribution < -0.4 is 14.9 Å². The molecular weight excluding hydrogens is 416 g/mol. The highest BCUT2D eigenvalue weighted by atomic mass is 32.1. The molecule has 0 fully saturated rings. The Morgan fingerprint density at radius 3 is 2.68 bits per heavy atom. The Hall–Kier alpha value is -3.46. The maximum Gasteiger partial charge on any atom is 0.338 e. The number of aromatic nitrogens is 3. The van der Waals surface area contributed by atoms with Gasteiger partial charge in [0.1, 0.15) is 5.75 Å². The molecule has 4 rings (SSSR count). The molecule has 9 heteroatoms. The summed E-state index contributed by atoms with van der Waals surface area (Å²) in [5.74, 6) is -0.414. The number of benzene rings is 1. The van der Waals surface area contributed by atoms with Gasteiger partial charge in [0.25, 0.3) is 5.56 Å². The second-order valence-corrected chi connectivity index (χ2v) is 8.03. The Balaban J connectivity index is 1.93. The normalized spacial score (nSPS) is 16.2. The molecule has 2 aromatic heterocycles. The standard InChI is InChI=1S/C22H22N4O4S/c1-4-25-12-14(11-23-25)10-17-20(28)26-19(15-6-8-16(27)9-7-15)18(21(29)30-5-2)13(3)24-22(26)31-17/h6-12,19,27H,4-5H2,1-3H3/b17-10+. The lowest BCUT2D eigenvalue weighted by atomic mass is 9.96. The summed E-state index contributed by atoms with van der Waals surface area (Å²) in [4.78, 5) is 31.2. The number of carbonyl (C=O) groups is 1. The minimum Gasteiger partial charge on any atom is -0.508 e. The molecule has 160 valence electrons. The van der Waals surface area contributed by atoms with Crippen LogP contribution in [0.15, 0.2) is 57.7 Å². The van der Waals surface area contributed by atoms with Crippen molar-refractivity contribution >= 4 is 23.4 Å². The predicted octanol–water partition coefficient (Wildman–Crippen LogP) is 1.72.